The van der Waals surface area contributed by atoms with Crippen LogP contribution in [0.1, 0.15) is 35.4 Å². The van der Waals surface area contributed by atoms with Crippen LogP contribution in [0, 0.1) is 25.2 Å². The molecule has 5 nitrogen and oxygen atoms in total. The Morgan fingerprint density at radius 3 is 2.60 bits per heavy atom. The molecule has 2 heterocycles. The number of nitriles is 1. The summed E-state index contributed by atoms with van der Waals surface area (Å²) in [6, 6.07) is 7.84. The van der Waals surface area contributed by atoms with E-state index in [1.165, 1.54) is 6.08 Å². The van der Waals surface area contributed by atoms with E-state index >= 15 is 0 Å². The first kappa shape index (κ1) is 21.7. The molecule has 8 heteroatoms. The summed E-state index contributed by atoms with van der Waals surface area (Å²) < 4.78 is 45.8. The van der Waals surface area contributed by atoms with Gasteiger partial charge in [0.25, 0.3) is 5.91 Å². The van der Waals surface area contributed by atoms with Crippen LogP contribution in [0.4, 0.5) is 18.9 Å². The number of nitrogens with zero attached hydrogens (tertiary/aromatic N) is 2. The highest BCUT2D eigenvalue weighted by molar-refractivity contribution is 6.09. The number of alkyl halides is 3. The van der Waals surface area contributed by atoms with Crippen molar-refractivity contribution in [2.45, 2.75) is 45.5 Å². The van der Waals surface area contributed by atoms with Gasteiger partial charge >= 0.3 is 6.18 Å². The van der Waals surface area contributed by atoms with Crippen molar-refractivity contribution in [3.63, 3.8) is 0 Å². The van der Waals surface area contributed by atoms with E-state index in [4.69, 9.17) is 4.74 Å². The number of benzene rings is 1. The highest BCUT2D eigenvalue weighted by Gasteiger charge is 2.30. The van der Waals surface area contributed by atoms with Crippen molar-refractivity contribution in [2.75, 3.05) is 11.9 Å². The first-order valence-corrected chi connectivity index (χ1v) is 9.58. The van der Waals surface area contributed by atoms with Gasteiger partial charge in [-0.25, -0.2) is 0 Å². The number of aromatic nitrogens is 1. The molecule has 0 bridgehead atoms. The van der Waals surface area contributed by atoms with Crippen LogP contribution < -0.4 is 5.32 Å². The van der Waals surface area contributed by atoms with Gasteiger partial charge in [0.2, 0.25) is 0 Å². The number of hydrogen-bond donors (Lipinski definition) is 1. The van der Waals surface area contributed by atoms with Gasteiger partial charge in [-0.05, 0) is 68.7 Å². The van der Waals surface area contributed by atoms with Gasteiger partial charge in [0, 0.05) is 30.2 Å². The third-order valence-electron chi connectivity index (χ3n) is 5.16. The number of carbonyl (C=O) groups excluding carboxylic acids is 1. The molecule has 1 saturated heterocycles. The van der Waals surface area contributed by atoms with Crippen LogP contribution in [0.2, 0.25) is 0 Å². The number of nitrogens with one attached hydrogen (secondary N) is 1. The number of ether oxygens (including phenoxy) is 1. The van der Waals surface area contributed by atoms with Crippen LogP contribution in [0.5, 0.6) is 0 Å². The van der Waals surface area contributed by atoms with Gasteiger partial charge in [0.15, 0.2) is 0 Å². The van der Waals surface area contributed by atoms with Gasteiger partial charge in [0.05, 0.1) is 11.7 Å². The molecule has 1 N–H and O–H groups in total. The van der Waals surface area contributed by atoms with Crippen molar-refractivity contribution in [1.82, 2.24) is 4.57 Å². The smallest absolute Gasteiger partial charge is 0.376 e. The Balaban J connectivity index is 1.76. The Hall–Kier alpha value is -3.05. The summed E-state index contributed by atoms with van der Waals surface area (Å²) in [5, 5.41) is 11.9. The molecule has 0 saturated carbocycles. The van der Waals surface area contributed by atoms with E-state index in [9.17, 15) is 23.2 Å². The highest BCUT2D eigenvalue weighted by atomic mass is 19.4. The molecular weight excluding hydrogens is 395 g/mol. The molecule has 0 radical (unpaired) electrons. The molecule has 0 aliphatic carbocycles. The summed E-state index contributed by atoms with van der Waals surface area (Å²) in [5.74, 6) is -0.679. The monoisotopic (exact) mass is 417 g/mol. The number of anilines is 1. The van der Waals surface area contributed by atoms with Gasteiger partial charge < -0.3 is 14.6 Å². The topological polar surface area (TPSA) is 67.0 Å². The molecule has 30 heavy (non-hydrogen) atoms. The lowest BCUT2D eigenvalue weighted by Gasteiger charge is -2.14. The molecule has 2 aromatic rings. The lowest BCUT2D eigenvalue weighted by molar-refractivity contribution is -0.137. The van der Waals surface area contributed by atoms with Crippen molar-refractivity contribution in [1.29, 1.82) is 5.26 Å². The van der Waals surface area contributed by atoms with Crippen molar-refractivity contribution < 1.29 is 22.7 Å². The summed E-state index contributed by atoms with van der Waals surface area (Å²) in [4.78, 5) is 12.5. The fourth-order valence-corrected chi connectivity index (χ4v) is 3.49. The SMILES string of the molecule is Cc1cc(/C=C(\C#N)C(=O)Nc2ccc(C(F)(F)F)cc2)c(C)n1C[C@@H]1CCCO1. The minimum atomic E-state index is -4.45. The Morgan fingerprint density at radius 2 is 2.03 bits per heavy atom. The van der Waals surface area contributed by atoms with E-state index in [0.717, 1.165) is 60.7 Å². The number of aryl methyl sites for hydroxylation is 1. The summed E-state index contributed by atoms with van der Waals surface area (Å²) in [6.07, 6.45) is -0.758. The highest BCUT2D eigenvalue weighted by Crippen LogP contribution is 2.30. The van der Waals surface area contributed by atoms with Gasteiger partial charge in [0.1, 0.15) is 11.6 Å². The molecule has 0 unspecified atom stereocenters. The van der Waals surface area contributed by atoms with Crippen LogP contribution in [0.25, 0.3) is 6.08 Å². The average Bonchev–Trinajstić information content (AvgIpc) is 3.29. The molecule has 1 fully saturated rings. The van der Waals surface area contributed by atoms with Crippen LogP contribution in [0.15, 0.2) is 35.9 Å². The Morgan fingerprint density at radius 1 is 1.33 bits per heavy atom. The van der Waals surface area contributed by atoms with E-state index in [1.807, 2.05) is 26.0 Å². The summed E-state index contributed by atoms with van der Waals surface area (Å²) in [6.45, 7) is 5.34. The number of amides is 1. The maximum absolute atomic E-state index is 12.7. The fourth-order valence-electron chi connectivity index (χ4n) is 3.49. The zero-order chi connectivity index (χ0) is 21.9. The van der Waals surface area contributed by atoms with E-state index in [2.05, 4.69) is 9.88 Å². The second-order valence-corrected chi connectivity index (χ2v) is 7.27. The predicted molar refractivity (Wildman–Crippen MR) is 107 cm³/mol. The molecule has 3 rings (SSSR count). The molecular formula is C22H22F3N3O2. The zero-order valence-electron chi connectivity index (χ0n) is 16.7. The summed E-state index contributed by atoms with van der Waals surface area (Å²) >= 11 is 0. The van der Waals surface area contributed by atoms with Crippen LogP contribution in [-0.4, -0.2) is 23.2 Å². The molecule has 1 atom stereocenters. The standard InChI is InChI=1S/C22H22F3N3O2/c1-14-10-16(15(2)28(14)13-20-4-3-9-30-20)11-17(12-26)21(29)27-19-7-5-18(6-8-19)22(23,24)25/h5-8,10-11,20H,3-4,9,13H2,1-2H3,(H,27,29)/b17-11+/t20-/m0/s1. The number of rotatable bonds is 5. The summed E-state index contributed by atoms with van der Waals surface area (Å²) in [5.41, 5.74) is 1.89. The minimum Gasteiger partial charge on any atom is -0.376 e. The second kappa shape index (κ2) is 8.76. The number of halogens is 3. The van der Waals surface area contributed by atoms with E-state index in [1.54, 1.807) is 0 Å². The first-order valence-electron chi connectivity index (χ1n) is 9.58. The van der Waals surface area contributed by atoms with Gasteiger partial charge in [-0.2, -0.15) is 18.4 Å². The van der Waals surface area contributed by atoms with Crippen molar-refractivity contribution >= 4 is 17.7 Å². The quantitative estimate of drug-likeness (QED) is 0.559. The largest absolute Gasteiger partial charge is 0.416 e. The Kier molecular flexibility index (Phi) is 6.32. The van der Waals surface area contributed by atoms with Crippen molar-refractivity contribution in [2.24, 2.45) is 0 Å². The third-order valence-corrected chi connectivity index (χ3v) is 5.16. The average molecular weight is 417 g/mol. The van der Waals surface area contributed by atoms with Gasteiger partial charge in [-0.1, -0.05) is 0 Å². The van der Waals surface area contributed by atoms with Crippen molar-refractivity contribution in [3.05, 3.63) is 58.4 Å². The van der Waals surface area contributed by atoms with E-state index in [-0.39, 0.29) is 17.4 Å². The molecule has 158 valence electrons. The lowest BCUT2D eigenvalue weighted by atomic mass is 10.1. The van der Waals surface area contributed by atoms with E-state index < -0.39 is 17.6 Å². The second-order valence-electron chi connectivity index (χ2n) is 7.27. The van der Waals surface area contributed by atoms with Gasteiger partial charge in [-0.3, -0.25) is 4.79 Å². The molecule has 1 amide bonds. The number of carbonyl (C=O) groups is 1. The Bertz CT molecular complexity index is 992. The molecule has 0 spiro atoms. The molecule has 1 aliphatic rings. The maximum atomic E-state index is 12.7. The third kappa shape index (κ3) is 4.92. The lowest BCUT2D eigenvalue weighted by Crippen LogP contribution is -2.17. The minimum absolute atomic E-state index is 0.132. The normalized spacial score (nSPS) is 17.1. The Labute approximate surface area is 172 Å². The molecule has 1 aromatic heterocycles. The zero-order valence-corrected chi connectivity index (χ0v) is 16.7. The fraction of sp³-hybridized carbons (Fsp3) is 0.364. The van der Waals surface area contributed by atoms with Gasteiger partial charge in [-0.15, -0.1) is 0 Å². The van der Waals surface area contributed by atoms with Crippen LogP contribution in [-0.2, 0) is 22.3 Å². The van der Waals surface area contributed by atoms with Crippen LogP contribution >= 0.6 is 0 Å². The van der Waals surface area contributed by atoms with Crippen LogP contribution in [0.3, 0.4) is 0 Å². The first-order chi connectivity index (χ1) is 14.2. The molecule has 1 aliphatic heterocycles. The van der Waals surface area contributed by atoms with Crippen molar-refractivity contribution in [3.8, 4) is 6.07 Å². The maximum Gasteiger partial charge on any atom is 0.416 e. The predicted octanol–water partition coefficient (Wildman–Crippen LogP) is 4.85. The number of hydrogen-bond acceptors (Lipinski definition) is 3. The molecule has 1 aromatic carbocycles. The summed E-state index contributed by atoms with van der Waals surface area (Å²) in [7, 11) is 0. The van der Waals surface area contributed by atoms with E-state index in [0.29, 0.717) is 6.54 Å².